The summed E-state index contributed by atoms with van der Waals surface area (Å²) in [6.45, 7) is 6.57. The second-order valence-corrected chi connectivity index (χ2v) is 2.79. The van der Waals surface area contributed by atoms with E-state index in [2.05, 4.69) is 0 Å². The molecule has 0 fully saturated rings. The number of aryl methyl sites for hydroxylation is 3. The molecule has 2 nitrogen and oxygen atoms in total. The molecule has 0 amide bonds. The second kappa shape index (κ2) is 2.91. The van der Waals surface area contributed by atoms with Gasteiger partial charge in [-0.05, 0) is 32.4 Å². The molecule has 2 heteroatoms. The number of aromatic nitrogens is 1. The van der Waals surface area contributed by atoms with Gasteiger partial charge in [0, 0.05) is 18.3 Å². The summed E-state index contributed by atoms with van der Waals surface area (Å²) < 4.78 is 1.73. The summed E-state index contributed by atoms with van der Waals surface area (Å²) in [5.41, 5.74) is 2.09. The van der Waals surface area contributed by atoms with Crippen LogP contribution in [0.5, 0.6) is 0 Å². The summed E-state index contributed by atoms with van der Waals surface area (Å²) in [6.07, 6.45) is 1.88. The van der Waals surface area contributed by atoms with Gasteiger partial charge in [-0.25, -0.2) is 0 Å². The van der Waals surface area contributed by atoms with Crippen LogP contribution in [0.2, 0.25) is 0 Å². The van der Waals surface area contributed by atoms with E-state index in [4.69, 9.17) is 0 Å². The molecule has 1 rings (SSSR count). The van der Waals surface area contributed by atoms with Crippen LogP contribution in [-0.2, 0) is 6.54 Å². The Morgan fingerprint density at radius 2 is 2.09 bits per heavy atom. The van der Waals surface area contributed by atoms with E-state index in [-0.39, 0.29) is 5.56 Å². The highest BCUT2D eigenvalue weighted by Gasteiger charge is 1.97. The van der Waals surface area contributed by atoms with Crippen LogP contribution in [-0.4, -0.2) is 4.57 Å². The Morgan fingerprint density at radius 3 is 2.64 bits per heavy atom. The van der Waals surface area contributed by atoms with Gasteiger partial charge in [-0.1, -0.05) is 0 Å². The van der Waals surface area contributed by atoms with E-state index in [9.17, 15) is 4.79 Å². The van der Waals surface area contributed by atoms with Gasteiger partial charge < -0.3 is 4.57 Å². The largest absolute Gasteiger partial charge is 0.315 e. The third-order valence-electron chi connectivity index (χ3n) is 1.74. The Bertz CT molecular complexity index is 312. The van der Waals surface area contributed by atoms with Gasteiger partial charge in [-0.3, -0.25) is 4.79 Å². The highest BCUT2D eigenvalue weighted by atomic mass is 16.1. The molecule has 0 unspecified atom stereocenters. The first-order valence-electron chi connectivity index (χ1n) is 3.83. The van der Waals surface area contributed by atoms with Crippen LogP contribution in [0.1, 0.15) is 18.1 Å². The number of hydrogen-bond donors (Lipinski definition) is 0. The minimum absolute atomic E-state index is 0.123. The van der Waals surface area contributed by atoms with Crippen molar-refractivity contribution in [3.8, 4) is 0 Å². The van der Waals surface area contributed by atoms with Crippen LogP contribution in [0.25, 0.3) is 0 Å². The molecule has 1 aromatic heterocycles. The first kappa shape index (κ1) is 8.05. The van der Waals surface area contributed by atoms with Crippen LogP contribution in [0.3, 0.4) is 0 Å². The minimum Gasteiger partial charge on any atom is -0.315 e. The monoisotopic (exact) mass is 151 g/mol. The SMILES string of the molecule is CCn1cc(C)cc(C)c1=O. The van der Waals surface area contributed by atoms with Crippen LogP contribution >= 0.6 is 0 Å². The molecule has 1 aromatic rings. The quantitative estimate of drug-likeness (QED) is 0.596. The lowest BCUT2D eigenvalue weighted by Crippen LogP contribution is -2.20. The molecule has 0 saturated carbocycles. The zero-order chi connectivity index (χ0) is 8.43. The van der Waals surface area contributed by atoms with E-state index < -0.39 is 0 Å². The average molecular weight is 151 g/mol. The van der Waals surface area contributed by atoms with E-state index >= 15 is 0 Å². The maximum Gasteiger partial charge on any atom is 0.253 e. The maximum absolute atomic E-state index is 11.3. The van der Waals surface area contributed by atoms with Crippen molar-refractivity contribution in [2.75, 3.05) is 0 Å². The molecule has 60 valence electrons. The molecule has 0 aromatic carbocycles. The molecular weight excluding hydrogens is 138 g/mol. The first-order valence-corrected chi connectivity index (χ1v) is 3.83. The fourth-order valence-corrected chi connectivity index (χ4v) is 1.21. The smallest absolute Gasteiger partial charge is 0.253 e. The predicted molar refractivity (Wildman–Crippen MR) is 45.9 cm³/mol. The second-order valence-electron chi connectivity index (χ2n) is 2.79. The molecule has 0 N–H and O–H groups in total. The van der Waals surface area contributed by atoms with E-state index in [1.165, 1.54) is 0 Å². The molecule has 0 aliphatic carbocycles. The van der Waals surface area contributed by atoms with Crippen molar-refractivity contribution in [1.82, 2.24) is 4.57 Å². The molecule has 1 heterocycles. The molecule has 0 radical (unpaired) electrons. The number of pyridine rings is 1. The van der Waals surface area contributed by atoms with Gasteiger partial charge in [0.2, 0.25) is 0 Å². The fraction of sp³-hybridized carbons (Fsp3) is 0.444. The summed E-state index contributed by atoms with van der Waals surface area (Å²) in [7, 11) is 0. The standard InChI is InChI=1S/C9H13NO/c1-4-10-6-7(2)5-8(3)9(10)11/h5-6H,4H2,1-3H3. The summed E-state index contributed by atoms with van der Waals surface area (Å²) in [5.74, 6) is 0. The Labute approximate surface area is 66.5 Å². The van der Waals surface area contributed by atoms with E-state index in [0.29, 0.717) is 0 Å². The Hall–Kier alpha value is -1.05. The van der Waals surface area contributed by atoms with E-state index in [1.54, 1.807) is 4.57 Å². The van der Waals surface area contributed by atoms with Gasteiger partial charge in [0.15, 0.2) is 0 Å². The lowest BCUT2D eigenvalue weighted by atomic mass is 10.2. The molecule has 0 atom stereocenters. The van der Waals surface area contributed by atoms with Gasteiger partial charge in [-0.15, -0.1) is 0 Å². The van der Waals surface area contributed by atoms with E-state index in [1.807, 2.05) is 33.0 Å². The molecular formula is C9H13NO. The normalized spacial score (nSPS) is 10.1. The van der Waals surface area contributed by atoms with Crippen LogP contribution in [0, 0.1) is 13.8 Å². The fourth-order valence-electron chi connectivity index (χ4n) is 1.21. The van der Waals surface area contributed by atoms with Crippen molar-refractivity contribution in [2.45, 2.75) is 27.3 Å². The summed E-state index contributed by atoms with van der Waals surface area (Å²) >= 11 is 0. The Morgan fingerprint density at radius 1 is 1.45 bits per heavy atom. The Balaban J connectivity index is 3.37. The van der Waals surface area contributed by atoms with Gasteiger partial charge in [0.1, 0.15) is 0 Å². The van der Waals surface area contributed by atoms with Crippen LogP contribution in [0.15, 0.2) is 17.1 Å². The third kappa shape index (κ3) is 1.50. The lowest BCUT2D eigenvalue weighted by molar-refractivity contribution is 0.717. The minimum atomic E-state index is 0.123. The van der Waals surface area contributed by atoms with Crippen molar-refractivity contribution < 1.29 is 0 Å². The zero-order valence-corrected chi connectivity index (χ0v) is 7.22. The predicted octanol–water partition coefficient (Wildman–Crippen LogP) is 1.49. The number of nitrogens with zero attached hydrogens (tertiary/aromatic N) is 1. The van der Waals surface area contributed by atoms with Gasteiger partial charge in [0.05, 0.1) is 0 Å². The molecule has 0 aliphatic rings. The maximum atomic E-state index is 11.3. The van der Waals surface area contributed by atoms with Crippen molar-refractivity contribution in [3.05, 3.63) is 33.7 Å². The molecule has 0 bridgehead atoms. The van der Waals surface area contributed by atoms with Crippen molar-refractivity contribution in [3.63, 3.8) is 0 Å². The summed E-state index contributed by atoms with van der Waals surface area (Å²) in [5, 5.41) is 0. The highest BCUT2D eigenvalue weighted by molar-refractivity contribution is 5.16. The molecule has 0 saturated heterocycles. The summed E-state index contributed by atoms with van der Waals surface area (Å²) in [6, 6.07) is 1.91. The van der Waals surface area contributed by atoms with Gasteiger partial charge >= 0.3 is 0 Å². The lowest BCUT2D eigenvalue weighted by Gasteiger charge is -2.03. The van der Waals surface area contributed by atoms with Crippen LogP contribution in [0.4, 0.5) is 0 Å². The zero-order valence-electron chi connectivity index (χ0n) is 7.22. The van der Waals surface area contributed by atoms with Crippen molar-refractivity contribution >= 4 is 0 Å². The number of rotatable bonds is 1. The third-order valence-corrected chi connectivity index (χ3v) is 1.74. The number of hydrogen-bond acceptors (Lipinski definition) is 1. The summed E-state index contributed by atoms with van der Waals surface area (Å²) in [4.78, 5) is 11.3. The topological polar surface area (TPSA) is 22.0 Å². The average Bonchev–Trinajstić information content (AvgIpc) is 1.96. The Kier molecular flexibility index (Phi) is 2.13. The van der Waals surface area contributed by atoms with E-state index in [0.717, 1.165) is 17.7 Å². The molecule has 0 aliphatic heterocycles. The van der Waals surface area contributed by atoms with Crippen molar-refractivity contribution in [2.24, 2.45) is 0 Å². The first-order chi connectivity index (χ1) is 5.15. The van der Waals surface area contributed by atoms with Crippen LogP contribution < -0.4 is 5.56 Å². The highest BCUT2D eigenvalue weighted by Crippen LogP contribution is 1.96. The van der Waals surface area contributed by atoms with Crippen molar-refractivity contribution in [1.29, 1.82) is 0 Å². The molecule has 11 heavy (non-hydrogen) atoms. The van der Waals surface area contributed by atoms with Gasteiger partial charge in [-0.2, -0.15) is 0 Å². The molecule has 0 spiro atoms. The van der Waals surface area contributed by atoms with Gasteiger partial charge in [0.25, 0.3) is 5.56 Å².